The van der Waals surface area contributed by atoms with E-state index in [0.717, 1.165) is 28.6 Å². The Hall–Kier alpha value is -2.20. The van der Waals surface area contributed by atoms with Gasteiger partial charge in [0.1, 0.15) is 0 Å². The van der Waals surface area contributed by atoms with Crippen molar-refractivity contribution in [2.75, 3.05) is 6.54 Å². The van der Waals surface area contributed by atoms with Crippen LogP contribution >= 0.6 is 0 Å². The summed E-state index contributed by atoms with van der Waals surface area (Å²) in [5, 5.41) is 2.83. The fourth-order valence-electron chi connectivity index (χ4n) is 2.54. The smallest absolute Gasteiger partial charge is 0.267 e. The molecule has 0 unspecified atom stereocenters. The van der Waals surface area contributed by atoms with E-state index in [0.29, 0.717) is 17.7 Å². The summed E-state index contributed by atoms with van der Waals surface area (Å²) in [5.41, 5.74) is 4.11. The molecule has 4 heteroatoms. The van der Waals surface area contributed by atoms with E-state index in [9.17, 15) is 9.59 Å². The van der Waals surface area contributed by atoms with Gasteiger partial charge in [-0.1, -0.05) is 37.6 Å². The number of unbranched alkanes of at least 4 members (excludes halogenated alkanes) is 1. The van der Waals surface area contributed by atoms with Gasteiger partial charge in [0, 0.05) is 11.9 Å². The number of rotatable bonds is 4. The highest BCUT2D eigenvalue weighted by Gasteiger charge is 2.32. The van der Waals surface area contributed by atoms with Crippen molar-refractivity contribution in [3.05, 3.63) is 47.5 Å². The van der Waals surface area contributed by atoms with Gasteiger partial charge in [-0.2, -0.15) is 0 Å². The number of hydrogen-bond acceptors (Lipinski definition) is 3. The van der Waals surface area contributed by atoms with Gasteiger partial charge in [-0.3, -0.25) is 9.59 Å². The lowest BCUT2D eigenvalue weighted by molar-refractivity contribution is 0.0520. The summed E-state index contributed by atoms with van der Waals surface area (Å²) in [5.74, 6) is -0.536. The Kier molecular flexibility index (Phi) is 3.24. The highest BCUT2D eigenvalue weighted by Crippen LogP contribution is 2.28. The number of carbonyl (C=O) groups is 2. The van der Waals surface area contributed by atoms with Crippen LogP contribution in [0.25, 0.3) is 10.8 Å². The molecule has 4 nitrogen and oxygen atoms in total. The van der Waals surface area contributed by atoms with Crippen molar-refractivity contribution in [2.24, 2.45) is 0 Å². The molecule has 0 aliphatic carbocycles. The number of carbonyl (C=O) groups excluding carboxylic acids is 2. The van der Waals surface area contributed by atoms with Crippen LogP contribution in [0.3, 0.4) is 0 Å². The van der Waals surface area contributed by atoms with Gasteiger partial charge >= 0.3 is 0 Å². The fraction of sp³-hybridized carbons (Fsp3) is 0.250. The molecule has 0 atom stereocenters. The monoisotopic (exact) mass is 268 g/mol. The van der Waals surface area contributed by atoms with Crippen LogP contribution in [0.15, 0.2) is 36.4 Å². The first kappa shape index (κ1) is 12.8. The molecular weight excluding hydrogens is 252 g/mol. The first-order chi connectivity index (χ1) is 9.74. The maximum Gasteiger partial charge on any atom is 0.275 e. The van der Waals surface area contributed by atoms with Crippen LogP contribution in [0, 0.1) is 0 Å². The number of imide groups is 1. The van der Waals surface area contributed by atoms with Gasteiger partial charge in [0.15, 0.2) is 0 Å². The van der Waals surface area contributed by atoms with Crippen molar-refractivity contribution in [3.8, 4) is 0 Å². The SMILES string of the molecule is CCCCNN1C(=O)c2cccc3cccc(c23)C1=O. The second kappa shape index (κ2) is 5.06. The summed E-state index contributed by atoms with van der Waals surface area (Å²) < 4.78 is 0. The summed E-state index contributed by atoms with van der Waals surface area (Å²) in [6, 6.07) is 11.1. The van der Waals surface area contributed by atoms with Crippen LogP contribution in [0.4, 0.5) is 0 Å². The predicted molar refractivity (Wildman–Crippen MR) is 77.4 cm³/mol. The van der Waals surface area contributed by atoms with Gasteiger partial charge in [-0.15, -0.1) is 0 Å². The Morgan fingerprint density at radius 3 is 2.15 bits per heavy atom. The van der Waals surface area contributed by atoms with Crippen molar-refractivity contribution in [1.29, 1.82) is 0 Å². The Balaban J connectivity index is 2.07. The third kappa shape index (κ3) is 1.89. The Morgan fingerprint density at radius 1 is 1.00 bits per heavy atom. The minimum Gasteiger partial charge on any atom is -0.267 e. The zero-order valence-corrected chi connectivity index (χ0v) is 11.3. The van der Waals surface area contributed by atoms with Gasteiger partial charge in [-0.05, 0) is 23.9 Å². The lowest BCUT2D eigenvalue weighted by Crippen LogP contribution is -2.49. The van der Waals surface area contributed by atoms with E-state index in [2.05, 4.69) is 12.3 Å². The molecule has 102 valence electrons. The molecule has 2 aromatic rings. The average molecular weight is 268 g/mol. The van der Waals surface area contributed by atoms with E-state index in [1.807, 2.05) is 24.3 Å². The van der Waals surface area contributed by atoms with Gasteiger partial charge in [0.25, 0.3) is 11.8 Å². The molecule has 0 saturated carbocycles. The molecule has 0 spiro atoms. The van der Waals surface area contributed by atoms with Crippen molar-refractivity contribution in [3.63, 3.8) is 0 Å². The minimum absolute atomic E-state index is 0.268. The Bertz CT molecular complexity index is 643. The van der Waals surface area contributed by atoms with Gasteiger partial charge in [0.2, 0.25) is 0 Å². The zero-order chi connectivity index (χ0) is 14.1. The third-order valence-electron chi connectivity index (χ3n) is 3.57. The van der Waals surface area contributed by atoms with Crippen molar-refractivity contribution in [2.45, 2.75) is 19.8 Å². The highest BCUT2D eigenvalue weighted by molar-refractivity contribution is 6.25. The first-order valence-electron chi connectivity index (χ1n) is 6.88. The molecule has 0 bridgehead atoms. The Morgan fingerprint density at radius 2 is 1.60 bits per heavy atom. The highest BCUT2D eigenvalue weighted by atomic mass is 16.2. The first-order valence-corrected chi connectivity index (χ1v) is 6.88. The Labute approximate surface area is 117 Å². The molecule has 1 aliphatic rings. The van der Waals surface area contributed by atoms with E-state index in [1.165, 1.54) is 0 Å². The van der Waals surface area contributed by atoms with Crippen LogP contribution < -0.4 is 5.43 Å². The summed E-state index contributed by atoms with van der Waals surface area (Å²) in [4.78, 5) is 24.9. The molecule has 1 N–H and O–H groups in total. The molecule has 1 heterocycles. The summed E-state index contributed by atoms with van der Waals surface area (Å²) in [7, 11) is 0. The number of hydrazine groups is 1. The lowest BCUT2D eigenvalue weighted by atomic mass is 9.95. The summed E-state index contributed by atoms with van der Waals surface area (Å²) >= 11 is 0. The summed E-state index contributed by atoms with van der Waals surface area (Å²) in [6.07, 6.45) is 1.93. The second-order valence-electron chi connectivity index (χ2n) is 4.92. The normalized spacial score (nSPS) is 14.2. The molecule has 0 radical (unpaired) electrons. The van der Waals surface area contributed by atoms with Crippen LogP contribution in [-0.2, 0) is 0 Å². The molecule has 3 rings (SSSR count). The van der Waals surface area contributed by atoms with Gasteiger partial charge in [-0.25, -0.2) is 10.4 Å². The molecule has 1 aliphatic heterocycles. The van der Waals surface area contributed by atoms with E-state index in [1.54, 1.807) is 12.1 Å². The number of benzene rings is 2. The molecule has 2 amide bonds. The summed E-state index contributed by atoms with van der Waals surface area (Å²) in [6.45, 7) is 2.68. The van der Waals surface area contributed by atoms with Crippen LogP contribution in [0.1, 0.15) is 40.5 Å². The molecule has 0 saturated heterocycles. The maximum absolute atomic E-state index is 12.5. The molecular formula is C16H16N2O2. The van der Waals surface area contributed by atoms with E-state index in [-0.39, 0.29) is 11.8 Å². The molecule has 2 aromatic carbocycles. The predicted octanol–water partition coefficient (Wildman–Crippen LogP) is 2.74. The quantitative estimate of drug-likeness (QED) is 0.685. The standard InChI is InChI=1S/C16H16N2O2/c1-2-3-10-17-18-15(19)12-8-4-6-11-7-5-9-13(14(11)12)16(18)20/h4-9,17H,2-3,10H2,1H3. The number of nitrogens with zero attached hydrogens (tertiary/aromatic N) is 1. The van der Waals surface area contributed by atoms with Crippen LogP contribution in [-0.4, -0.2) is 23.4 Å². The third-order valence-corrected chi connectivity index (χ3v) is 3.57. The average Bonchev–Trinajstić information content (AvgIpc) is 2.48. The van der Waals surface area contributed by atoms with E-state index < -0.39 is 0 Å². The zero-order valence-electron chi connectivity index (χ0n) is 11.3. The van der Waals surface area contributed by atoms with Crippen molar-refractivity contribution >= 4 is 22.6 Å². The van der Waals surface area contributed by atoms with Crippen LogP contribution in [0.2, 0.25) is 0 Å². The molecule has 0 aromatic heterocycles. The largest absolute Gasteiger partial charge is 0.275 e. The molecule has 20 heavy (non-hydrogen) atoms. The van der Waals surface area contributed by atoms with Gasteiger partial charge in [0.05, 0.1) is 11.1 Å². The number of nitrogens with one attached hydrogen (secondary N) is 1. The topological polar surface area (TPSA) is 49.4 Å². The van der Waals surface area contributed by atoms with Crippen LogP contribution in [0.5, 0.6) is 0 Å². The molecule has 0 fully saturated rings. The van der Waals surface area contributed by atoms with Crippen molar-refractivity contribution < 1.29 is 9.59 Å². The van der Waals surface area contributed by atoms with E-state index in [4.69, 9.17) is 0 Å². The maximum atomic E-state index is 12.5. The lowest BCUT2D eigenvalue weighted by Gasteiger charge is -2.27. The van der Waals surface area contributed by atoms with Crippen molar-refractivity contribution in [1.82, 2.24) is 10.4 Å². The number of hydrogen-bond donors (Lipinski definition) is 1. The minimum atomic E-state index is -0.268. The fourth-order valence-corrected chi connectivity index (χ4v) is 2.54. The van der Waals surface area contributed by atoms with E-state index >= 15 is 0 Å². The van der Waals surface area contributed by atoms with Gasteiger partial charge < -0.3 is 0 Å². The number of amides is 2. The second-order valence-corrected chi connectivity index (χ2v) is 4.92.